The summed E-state index contributed by atoms with van der Waals surface area (Å²) in [7, 11) is 0. The van der Waals surface area contributed by atoms with Crippen LogP contribution in [0.1, 0.15) is 15.9 Å². The van der Waals surface area contributed by atoms with Gasteiger partial charge in [0, 0.05) is 17.3 Å². The quantitative estimate of drug-likeness (QED) is 0.860. The monoisotopic (exact) mass is 287 g/mol. The third kappa shape index (κ3) is 2.16. The highest BCUT2D eigenvalue weighted by Gasteiger charge is 2.51. The summed E-state index contributed by atoms with van der Waals surface area (Å²) in [6.45, 7) is -0.0488. The van der Waals surface area contributed by atoms with E-state index in [0.29, 0.717) is 0 Å². The van der Waals surface area contributed by atoms with E-state index in [9.17, 15) is 18.0 Å². The second kappa shape index (κ2) is 5.22. The maximum Gasteiger partial charge on any atom is 0.271 e. The molecule has 20 heavy (non-hydrogen) atoms. The summed E-state index contributed by atoms with van der Waals surface area (Å²) >= 11 is 0. The first-order chi connectivity index (χ1) is 9.39. The number of nitrogens with zero attached hydrogens (tertiary/aromatic N) is 1. The number of primary amides is 1. The summed E-state index contributed by atoms with van der Waals surface area (Å²) in [6.07, 6.45) is -3.57. The smallest absolute Gasteiger partial charge is 0.271 e. The Balaban J connectivity index is 2.66. The van der Waals surface area contributed by atoms with E-state index in [2.05, 4.69) is 4.99 Å². The molecule has 1 aromatic rings. The molecule has 2 rings (SSSR count). The van der Waals surface area contributed by atoms with Crippen molar-refractivity contribution in [2.24, 2.45) is 16.5 Å². The zero-order valence-electron chi connectivity index (χ0n) is 10.2. The molecule has 0 saturated heterocycles. The van der Waals surface area contributed by atoms with E-state index in [-0.39, 0.29) is 12.2 Å². The first-order valence-electron chi connectivity index (χ1n) is 5.68. The number of hydrogen-bond acceptors (Lipinski definition) is 4. The Labute approximate surface area is 112 Å². The van der Waals surface area contributed by atoms with Gasteiger partial charge in [-0.3, -0.25) is 9.79 Å². The van der Waals surface area contributed by atoms with Crippen LogP contribution in [0.2, 0.25) is 0 Å². The van der Waals surface area contributed by atoms with Crippen LogP contribution in [0.15, 0.2) is 23.2 Å². The number of ether oxygens (including phenoxy) is 1. The fourth-order valence-electron chi connectivity index (χ4n) is 2.04. The highest BCUT2D eigenvalue weighted by atomic mass is 19.3. The third-order valence-corrected chi connectivity index (χ3v) is 3.10. The maximum absolute atomic E-state index is 13.9. The highest BCUT2D eigenvalue weighted by Crippen LogP contribution is 2.39. The Bertz CT molecular complexity index is 565. The van der Waals surface area contributed by atoms with E-state index in [0.717, 1.165) is 24.4 Å². The molecule has 1 aliphatic rings. The molecule has 0 spiro atoms. The average Bonchev–Trinajstić information content (AvgIpc) is 2.39. The summed E-state index contributed by atoms with van der Waals surface area (Å²) in [6, 6.07) is 2.89. The van der Waals surface area contributed by atoms with Crippen molar-refractivity contribution < 1.29 is 22.7 Å². The lowest BCUT2D eigenvalue weighted by Gasteiger charge is -2.37. The molecule has 4 N–H and O–H groups in total. The molecule has 5 nitrogen and oxygen atoms in total. The molecule has 0 fully saturated rings. The summed E-state index contributed by atoms with van der Waals surface area (Å²) in [5.74, 6) is -1.83. The SMILES string of the molecule is NC(=O)c1ccc(F)c(C2(C(F)F)N=CCOC2N)c1. The van der Waals surface area contributed by atoms with Crippen LogP contribution in [0, 0.1) is 5.82 Å². The minimum absolute atomic E-state index is 0.0488. The summed E-state index contributed by atoms with van der Waals surface area (Å²) in [5.41, 5.74) is 7.58. The molecule has 2 atom stereocenters. The van der Waals surface area contributed by atoms with Crippen LogP contribution >= 0.6 is 0 Å². The van der Waals surface area contributed by atoms with E-state index in [4.69, 9.17) is 16.2 Å². The van der Waals surface area contributed by atoms with Gasteiger partial charge >= 0.3 is 0 Å². The van der Waals surface area contributed by atoms with Crippen molar-refractivity contribution in [3.05, 3.63) is 35.1 Å². The molecule has 8 heteroatoms. The molecular weight excluding hydrogens is 275 g/mol. The van der Waals surface area contributed by atoms with Crippen LogP contribution < -0.4 is 11.5 Å². The molecule has 0 aromatic heterocycles. The molecule has 0 radical (unpaired) electrons. The van der Waals surface area contributed by atoms with Gasteiger partial charge < -0.3 is 16.2 Å². The van der Waals surface area contributed by atoms with Crippen LogP contribution in [0.5, 0.6) is 0 Å². The number of hydrogen-bond donors (Lipinski definition) is 2. The Morgan fingerprint density at radius 2 is 2.20 bits per heavy atom. The van der Waals surface area contributed by atoms with E-state index >= 15 is 0 Å². The largest absolute Gasteiger partial charge is 0.366 e. The fourth-order valence-corrected chi connectivity index (χ4v) is 2.04. The maximum atomic E-state index is 13.9. The van der Waals surface area contributed by atoms with E-state index in [1.807, 2.05) is 0 Å². The normalized spacial score (nSPS) is 25.9. The Morgan fingerprint density at radius 1 is 1.50 bits per heavy atom. The Morgan fingerprint density at radius 3 is 2.75 bits per heavy atom. The van der Waals surface area contributed by atoms with Crippen molar-refractivity contribution in [3.8, 4) is 0 Å². The zero-order valence-corrected chi connectivity index (χ0v) is 10.2. The van der Waals surface area contributed by atoms with Crippen LogP contribution in [0.3, 0.4) is 0 Å². The fraction of sp³-hybridized carbons (Fsp3) is 0.333. The zero-order chi connectivity index (χ0) is 14.9. The predicted molar refractivity (Wildman–Crippen MR) is 65.0 cm³/mol. The number of halogens is 3. The summed E-state index contributed by atoms with van der Waals surface area (Å²) in [5, 5.41) is 0. The Hall–Kier alpha value is -1.93. The molecule has 1 amide bonds. The lowest BCUT2D eigenvalue weighted by molar-refractivity contribution is -0.0664. The minimum Gasteiger partial charge on any atom is -0.366 e. The molecule has 0 saturated carbocycles. The van der Waals surface area contributed by atoms with Gasteiger partial charge in [0.1, 0.15) is 12.0 Å². The number of aliphatic imine (C=N–C) groups is 1. The van der Waals surface area contributed by atoms with Crippen LogP contribution in [-0.2, 0) is 10.3 Å². The van der Waals surface area contributed by atoms with Crippen molar-refractivity contribution >= 4 is 12.1 Å². The van der Waals surface area contributed by atoms with Crippen molar-refractivity contribution in [2.45, 2.75) is 18.2 Å². The number of rotatable bonds is 3. The molecule has 0 bridgehead atoms. The summed E-state index contributed by atoms with van der Waals surface area (Å²) < 4.78 is 45.8. The number of amides is 1. The van der Waals surface area contributed by atoms with E-state index < -0.39 is 35.5 Å². The summed E-state index contributed by atoms with van der Waals surface area (Å²) in [4.78, 5) is 14.8. The average molecular weight is 287 g/mol. The minimum atomic E-state index is -3.12. The van der Waals surface area contributed by atoms with Crippen molar-refractivity contribution in [1.82, 2.24) is 0 Å². The molecular formula is C12H12F3N3O2. The van der Waals surface area contributed by atoms with Gasteiger partial charge in [-0.1, -0.05) is 0 Å². The third-order valence-electron chi connectivity index (χ3n) is 3.10. The van der Waals surface area contributed by atoms with Gasteiger partial charge in [-0.05, 0) is 18.2 Å². The Kier molecular flexibility index (Phi) is 3.78. The van der Waals surface area contributed by atoms with Gasteiger partial charge in [0.25, 0.3) is 6.43 Å². The van der Waals surface area contributed by atoms with Crippen molar-refractivity contribution in [2.75, 3.05) is 6.61 Å². The first-order valence-corrected chi connectivity index (χ1v) is 5.68. The molecule has 2 unspecified atom stereocenters. The highest BCUT2D eigenvalue weighted by molar-refractivity contribution is 5.93. The number of nitrogens with two attached hydrogens (primary N) is 2. The van der Waals surface area contributed by atoms with Gasteiger partial charge in [0.15, 0.2) is 5.54 Å². The van der Waals surface area contributed by atoms with Crippen LogP contribution in [-0.4, -0.2) is 31.4 Å². The topological polar surface area (TPSA) is 90.7 Å². The van der Waals surface area contributed by atoms with Gasteiger partial charge in [-0.15, -0.1) is 0 Å². The van der Waals surface area contributed by atoms with E-state index in [1.165, 1.54) is 0 Å². The van der Waals surface area contributed by atoms with E-state index in [1.54, 1.807) is 0 Å². The predicted octanol–water partition coefficient (Wildman–Crippen LogP) is 0.771. The molecule has 1 heterocycles. The van der Waals surface area contributed by atoms with Gasteiger partial charge in [-0.25, -0.2) is 13.2 Å². The van der Waals surface area contributed by atoms with Crippen LogP contribution in [0.25, 0.3) is 0 Å². The lowest BCUT2D eigenvalue weighted by Crippen LogP contribution is -2.53. The van der Waals surface area contributed by atoms with Crippen LogP contribution in [0.4, 0.5) is 13.2 Å². The van der Waals surface area contributed by atoms with Crippen molar-refractivity contribution in [1.29, 1.82) is 0 Å². The number of alkyl halides is 2. The molecule has 108 valence electrons. The number of carbonyl (C=O) groups excluding carboxylic acids is 1. The van der Waals surface area contributed by atoms with Gasteiger partial charge in [0.05, 0.1) is 6.61 Å². The van der Waals surface area contributed by atoms with Gasteiger partial charge in [0.2, 0.25) is 5.91 Å². The first kappa shape index (κ1) is 14.5. The second-order valence-corrected chi connectivity index (χ2v) is 4.25. The number of benzene rings is 1. The number of carbonyl (C=O) groups is 1. The van der Waals surface area contributed by atoms with Gasteiger partial charge in [-0.2, -0.15) is 0 Å². The second-order valence-electron chi connectivity index (χ2n) is 4.25. The standard InChI is InChI=1S/C12H12F3N3O2/c13-8-2-1-6(9(16)19)5-7(8)12(10(14)15)11(17)20-4-3-18-12/h1-3,5,10-11H,4,17H2,(H2,16,19). The lowest BCUT2D eigenvalue weighted by atomic mass is 9.86. The molecule has 1 aromatic carbocycles. The molecule has 1 aliphatic heterocycles. The van der Waals surface area contributed by atoms with Crippen molar-refractivity contribution in [3.63, 3.8) is 0 Å². The molecule has 0 aliphatic carbocycles.